The van der Waals surface area contributed by atoms with Crippen molar-refractivity contribution >= 4 is 34.1 Å². The molecule has 3 N–H and O–H groups in total. The second-order valence-corrected chi connectivity index (χ2v) is 8.65. The van der Waals surface area contributed by atoms with E-state index in [0.29, 0.717) is 16.1 Å². The minimum absolute atomic E-state index is 0.354. The van der Waals surface area contributed by atoms with Crippen LogP contribution in [0.5, 0.6) is 0 Å². The van der Waals surface area contributed by atoms with Crippen molar-refractivity contribution in [1.82, 2.24) is 4.57 Å². The maximum Gasteiger partial charge on any atom is 0.338 e. The van der Waals surface area contributed by atoms with E-state index in [1.807, 2.05) is 38.1 Å². The standard InChI is InChI=1S/C23H23N3O4S/c1-13-6-7-14(2)26(13)16-10-8-15(9-11-16)23(29)30-12-19(27)25-22-20(21(24)28)17-4-3-5-18(17)31-22/h6-11H,3-5,12H2,1-2H3,(H2,24,28)(H,25,27). The largest absolute Gasteiger partial charge is 0.452 e. The molecular formula is C23H23N3O4S. The predicted octanol–water partition coefficient (Wildman–Crippen LogP) is 3.54. The molecule has 4 rings (SSSR count). The first kappa shape index (κ1) is 20.9. The number of carbonyl (C=O) groups excluding carboxylic acids is 3. The normalized spacial score (nSPS) is 12.5. The van der Waals surface area contributed by atoms with Gasteiger partial charge in [0.25, 0.3) is 11.8 Å². The van der Waals surface area contributed by atoms with Crippen LogP contribution in [-0.2, 0) is 22.4 Å². The zero-order chi connectivity index (χ0) is 22.1. The molecule has 0 atom stereocenters. The number of benzene rings is 1. The molecule has 0 saturated heterocycles. The summed E-state index contributed by atoms with van der Waals surface area (Å²) in [7, 11) is 0. The van der Waals surface area contributed by atoms with Gasteiger partial charge in [-0.25, -0.2) is 4.79 Å². The summed E-state index contributed by atoms with van der Waals surface area (Å²) in [6.45, 7) is 3.58. The van der Waals surface area contributed by atoms with Gasteiger partial charge in [0.2, 0.25) is 0 Å². The van der Waals surface area contributed by atoms with Crippen LogP contribution in [0.25, 0.3) is 5.69 Å². The Bertz CT molecular complexity index is 1150. The number of esters is 1. The molecule has 2 amide bonds. The number of hydrogen-bond donors (Lipinski definition) is 2. The maximum atomic E-state index is 12.3. The lowest BCUT2D eigenvalue weighted by molar-refractivity contribution is -0.119. The van der Waals surface area contributed by atoms with E-state index in [-0.39, 0.29) is 0 Å². The van der Waals surface area contributed by atoms with Crippen LogP contribution in [0, 0.1) is 13.8 Å². The van der Waals surface area contributed by atoms with Gasteiger partial charge in [-0.1, -0.05) is 0 Å². The van der Waals surface area contributed by atoms with Crippen molar-refractivity contribution in [2.24, 2.45) is 5.73 Å². The van der Waals surface area contributed by atoms with E-state index in [9.17, 15) is 14.4 Å². The number of primary amides is 1. The number of fused-ring (bicyclic) bond motifs is 1. The fraction of sp³-hybridized carbons (Fsp3) is 0.261. The molecule has 1 aliphatic rings. The second kappa shape index (κ2) is 8.39. The lowest BCUT2D eigenvalue weighted by atomic mass is 10.1. The van der Waals surface area contributed by atoms with E-state index in [2.05, 4.69) is 9.88 Å². The van der Waals surface area contributed by atoms with Gasteiger partial charge in [0, 0.05) is 22.0 Å². The number of nitrogens with two attached hydrogens (primary N) is 1. The van der Waals surface area contributed by atoms with E-state index in [4.69, 9.17) is 10.5 Å². The molecule has 0 unspecified atom stereocenters. The first-order valence-electron chi connectivity index (χ1n) is 10.0. The average Bonchev–Trinajstić information content (AvgIpc) is 3.40. The monoisotopic (exact) mass is 437 g/mol. The van der Waals surface area contributed by atoms with Crippen molar-refractivity contribution in [1.29, 1.82) is 0 Å². The van der Waals surface area contributed by atoms with Crippen LogP contribution >= 0.6 is 11.3 Å². The molecule has 1 aliphatic carbocycles. The Morgan fingerprint density at radius 1 is 1.06 bits per heavy atom. The summed E-state index contributed by atoms with van der Waals surface area (Å²) in [5, 5.41) is 3.10. The zero-order valence-electron chi connectivity index (χ0n) is 17.4. The molecule has 0 aliphatic heterocycles. The average molecular weight is 438 g/mol. The molecular weight excluding hydrogens is 414 g/mol. The van der Waals surface area contributed by atoms with Crippen molar-refractivity contribution < 1.29 is 19.1 Å². The molecule has 7 nitrogen and oxygen atoms in total. The van der Waals surface area contributed by atoms with Crippen molar-refractivity contribution in [3.05, 3.63) is 69.4 Å². The third-order valence-corrected chi connectivity index (χ3v) is 6.59. The van der Waals surface area contributed by atoms with Crippen molar-refractivity contribution in [2.45, 2.75) is 33.1 Å². The van der Waals surface area contributed by atoms with E-state index < -0.39 is 24.4 Å². The SMILES string of the molecule is Cc1ccc(C)n1-c1ccc(C(=O)OCC(=O)Nc2sc3c(c2C(N)=O)CCC3)cc1. The predicted molar refractivity (Wildman–Crippen MR) is 119 cm³/mol. The highest BCUT2D eigenvalue weighted by Gasteiger charge is 2.26. The van der Waals surface area contributed by atoms with Gasteiger partial charge in [-0.3, -0.25) is 9.59 Å². The number of rotatable bonds is 6. The Labute approximate surface area is 183 Å². The molecule has 0 bridgehead atoms. The molecule has 31 heavy (non-hydrogen) atoms. The van der Waals surface area contributed by atoms with Gasteiger partial charge in [0.15, 0.2) is 6.61 Å². The van der Waals surface area contributed by atoms with Crippen molar-refractivity contribution in [2.75, 3.05) is 11.9 Å². The fourth-order valence-corrected chi connectivity index (χ4v) is 5.26. The van der Waals surface area contributed by atoms with E-state index in [1.165, 1.54) is 11.3 Å². The van der Waals surface area contributed by atoms with Crippen molar-refractivity contribution in [3.63, 3.8) is 0 Å². The Hall–Kier alpha value is -3.39. The van der Waals surface area contributed by atoms with Crippen LogP contribution in [0.15, 0.2) is 36.4 Å². The minimum Gasteiger partial charge on any atom is -0.452 e. The van der Waals surface area contributed by atoms with Crippen LogP contribution in [0.2, 0.25) is 0 Å². The number of thiophene rings is 1. The van der Waals surface area contributed by atoms with Gasteiger partial charge in [-0.2, -0.15) is 0 Å². The van der Waals surface area contributed by atoms with Crippen LogP contribution < -0.4 is 11.1 Å². The third kappa shape index (κ3) is 4.11. The van der Waals surface area contributed by atoms with Crippen LogP contribution in [0.1, 0.15) is 49.0 Å². The van der Waals surface area contributed by atoms with E-state index in [1.54, 1.807) is 12.1 Å². The number of carbonyl (C=O) groups is 3. The number of anilines is 1. The molecule has 2 heterocycles. The molecule has 160 valence electrons. The molecule has 0 radical (unpaired) electrons. The summed E-state index contributed by atoms with van der Waals surface area (Å²) in [6, 6.07) is 11.1. The Morgan fingerprint density at radius 2 is 1.74 bits per heavy atom. The number of nitrogens with zero attached hydrogens (tertiary/aromatic N) is 1. The lowest BCUT2D eigenvalue weighted by Gasteiger charge is -2.10. The molecule has 0 fully saturated rings. The zero-order valence-corrected chi connectivity index (χ0v) is 18.2. The van der Waals surface area contributed by atoms with Gasteiger partial charge < -0.3 is 20.4 Å². The van der Waals surface area contributed by atoms with Gasteiger partial charge >= 0.3 is 5.97 Å². The van der Waals surface area contributed by atoms with Crippen LogP contribution in [-0.4, -0.2) is 29.0 Å². The molecule has 0 spiro atoms. The number of amides is 2. The molecule has 2 aromatic heterocycles. The molecule has 1 aromatic carbocycles. The number of aromatic nitrogens is 1. The van der Waals surface area contributed by atoms with Crippen LogP contribution in [0.4, 0.5) is 5.00 Å². The summed E-state index contributed by atoms with van der Waals surface area (Å²) < 4.78 is 7.23. The maximum absolute atomic E-state index is 12.3. The summed E-state index contributed by atoms with van der Waals surface area (Å²) in [6.07, 6.45) is 2.64. The highest BCUT2D eigenvalue weighted by Crippen LogP contribution is 2.38. The van der Waals surface area contributed by atoms with Gasteiger partial charge in [-0.15, -0.1) is 11.3 Å². The van der Waals surface area contributed by atoms with Crippen molar-refractivity contribution in [3.8, 4) is 5.69 Å². The quantitative estimate of drug-likeness (QED) is 0.576. The Morgan fingerprint density at radius 3 is 2.39 bits per heavy atom. The first-order chi connectivity index (χ1) is 14.8. The van der Waals surface area contributed by atoms with E-state index in [0.717, 1.165) is 46.8 Å². The summed E-state index contributed by atoms with van der Waals surface area (Å²) in [4.78, 5) is 37.5. The van der Waals surface area contributed by atoms with Gasteiger partial charge in [0.05, 0.1) is 11.1 Å². The number of hydrogen-bond acceptors (Lipinski definition) is 5. The summed E-state index contributed by atoms with van der Waals surface area (Å²) in [5.41, 5.74) is 10.3. The third-order valence-electron chi connectivity index (χ3n) is 5.39. The lowest BCUT2D eigenvalue weighted by Crippen LogP contribution is -2.22. The van der Waals surface area contributed by atoms with Crippen LogP contribution in [0.3, 0.4) is 0 Å². The number of aryl methyl sites for hydroxylation is 3. The fourth-order valence-electron chi connectivity index (χ4n) is 3.95. The highest BCUT2D eigenvalue weighted by molar-refractivity contribution is 7.17. The summed E-state index contributed by atoms with van der Waals surface area (Å²) in [5.74, 6) is -1.66. The number of nitrogens with one attached hydrogen (secondary N) is 1. The first-order valence-corrected chi connectivity index (χ1v) is 10.8. The molecule has 0 saturated carbocycles. The second-order valence-electron chi connectivity index (χ2n) is 7.55. The smallest absolute Gasteiger partial charge is 0.338 e. The van der Waals surface area contributed by atoms with E-state index >= 15 is 0 Å². The minimum atomic E-state index is -0.591. The molecule has 3 aromatic rings. The summed E-state index contributed by atoms with van der Waals surface area (Å²) >= 11 is 1.36. The Balaban J connectivity index is 1.38. The topological polar surface area (TPSA) is 103 Å². The highest BCUT2D eigenvalue weighted by atomic mass is 32.1. The Kier molecular flexibility index (Phi) is 5.65. The number of ether oxygens (including phenoxy) is 1. The van der Waals surface area contributed by atoms with Gasteiger partial charge in [-0.05, 0) is 75.1 Å². The van der Waals surface area contributed by atoms with Gasteiger partial charge in [0.1, 0.15) is 5.00 Å². The molecule has 8 heteroatoms.